The molecule has 2 rings (SSSR count). The third-order valence-corrected chi connectivity index (χ3v) is 2.22. The molecule has 0 aliphatic rings. The van der Waals surface area contributed by atoms with E-state index in [0.717, 1.165) is 5.52 Å². The number of carboxylic acid groups (broad SMARTS) is 1. The molecule has 2 aromatic heterocycles. The number of hydrogen-bond donors (Lipinski definition) is 2. The van der Waals surface area contributed by atoms with Crippen LogP contribution in [0.25, 0.3) is 11.0 Å². The Kier molecular flexibility index (Phi) is 1.67. The number of aryl methyl sites for hydroxylation is 1. The third-order valence-electron chi connectivity index (χ3n) is 2.22. The average Bonchev–Trinajstić information content (AvgIpc) is 2.41. The highest BCUT2D eigenvalue weighted by molar-refractivity contribution is 6.06. The molecule has 5 heteroatoms. The minimum absolute atomic E-state index is 0.0723. The summed E-state index contributed by atoms with van der Waals surface area (Å²) in [6.07, 6.45) is 1.55. The highest BCUT2D eigenvalue weighted by Crippen LogP contribution is 2.24. The van der Waals surface area contributed by atoms with Crippen molar-refractivity contribution in [1.29, 1.82) is 0 Å². The van der Waals surface area contributed by atoms with Crippen molar-refractivity contribution in [3.8, 4) is 0 Å². The average molecular weight is 191 g/mol. The van der Waals surface area contributed by atoms with Crippen LogP contribution in [0.4, 0.5) is 5.82 Å². The number of nitrogens with zero attached hydrogens (tertiary/aromatic N) is 2. The second kappa shape index (κ2) is 2.73. The maximum atomic E-state index is 10.9. The summed E-state index contributed by atoms with van der Waals surface area (Å²) in [5, 5.41) is 8.94. The van der Waals surface area contributed by atoms with Gasteiger partial charge in [0.1, 0.15) is 16.9 Å². The summed E-state index contributed by atoms with van der Waals surface area (Å²) in [4.78, 5) is 14.9. The number of fused-ring (bicyclic) bond motifs is 1. The van der Waals surface area contributed by atoms with Crippen molar-refractivity contribution in [1.82, 2.24) is 9.55 Å². The van der Waals surface area contributed by atoms with Crippen LogP contribution in [0.2, 0.25) is 0 Å². The summed E-state index contributed by atoms with van der Waals surface area (Å²) in [6.45, 7) is 0. The molecule has 0 spiro atoms. The molecule has 0 saturated carbocycles. The fourth-order valence-corrected chi connectivity index (χ4v) is 1.49. The van der Waals surface area contributed by atoms with Gasteiger partial charge in [0.2, 0.25) is 0 Å². The van der Waals surface area contributed by atoms with Crippen LogP contribution in [0.5, 0.6) is 0 Å². The molecule has 0 fully saturated rings. The van der Waals surface area contributed by atoms with Crippen molar-refractivity contribution >= 4 is 22.8 Å². The Morgan fingerprint density at radius 1 is 1.64 bits per heavy atom. The van der Waals surface area contributed by atoms with Gasteiger partial charge in [-0.1, -0.05) is 0 Å². The van der Waals surface area contributed by atoms with Crippen molar-refractivity contribution in [2.75, 3.05) is 5.73 Å². The maximum Gasteiger partial charge on any atom is 0.341 e. The SMILES string of the molecule is Cn1c(N)c(C(=O)O)c2ncccc21. The smallest absolute Gasteiger partial charge is 0.341 e. The van der Waals surface area contributed by atoms with E-state index in [1.165, 1.54) is 0 Å². The Morgan fingerprint density at radius 2 is 2.36 bits per heavy atom. The maximum absolute atomic E-state index is 10.9. The van der Waals surface area contributed by atoms with E-state index in [1.54, 1.807) is 29.9 Å². The summed E-state index contributed by atoms with van der Waals surface area (Å²) >= 11 is 0. The van der Waals surface area contributed by atoms with Crippen molar-refractivity contribution in [3.05, 3.63) is 23.9 Å². The van der Waals surface area contributed by atoms with E-state index in [2.05, 4.69) is 4.98 Å². The lowest BCUT2D eigenvalue weighted by Crippen LogP contribution is -2.03. The zero-order chi connectivity index (χ0) is 10.3. The molecule has 0 amide bonds. The first-order valence-corrected chi connectivity index (χ1v) is 4.05. The van der Waals surface area contributed by atoms with E-state index < -0.39 is 5.97 Å². The largest absolute Gasteiger partial charge is 0.477 e. The highest BCUT2D eigenvalue weighted by atomic mass is 16.4. The Balaban J connectivity index is 2.95. The second-order valence-corrected chi connectivity index (χ2v) is 3.00. The molecular formula is C9H9N3O2. The number of aromatic nitrogens is 2. The first kappa shape index (κ1) is 8.55. The van der Waals surface area contributed by atoms with Crippen LogP contribution < -0.4 is 5.73 Å². The molecule has 2 heterocycles. The first-order valence-electron chi connectivity index (χ1n) is 4.05. The van der Waals surface area contributed by atoms with Crippen molar-refractivity contribution in [2.24, 2.45) is 7.05 Å². The normalized spacial score (nSPS) is 10.6. The predicted octanol–water partition coefficient (Wildman–Crippen LogP) is 0.854. The quantitative estimate of drug-likeness (QED) is 0.700. The van der Waals surface area contributed by atoms with Gasteiger partial charge in [-0.25, -0.2) is 4.79 Å². The van der Waals surface area contributed by atoms with E-state index in [9.17, 15) is 4.79 Å². The molecule has 0 aliphatic heterocycles. The number of rotatable bonds is 1. The zero-order valence-electron chi connectivity index (χ0n) is 7.56. The Hall–Kier alpha value is -2.04. The minimum Gasteiger partial charge on any atom is -0.477 e. The Morgan fingerprint density at radius 3 is 3.00 bits per heavy atom. The Labute approximate surface area is 79.8 Å². The number of pyridine rings is 1. The molecule has 2 aromatic rings. The molecule has 14 heavy (non-hydrogen) atoms. The van der Waals surface area contributed by atoms with E-state index in [0.29, 0.717) is 5.52 Å². The topological polar surface area (TPSA) is 81.1 Å². The standard InChI is InChI=1S/C9H9N3O2/c1-12-5-3-2-4-11-7(5)6(8(12)10)9(13)14/h2-4H,10H2,1H3,(H,13,14). The van der Waals surface area contributed by atoms with Crippen LogP contribution in [-0.4, -0.2) is 20.6 Å². The lowest BCUT2D eigenvalue weighted by Gasteiger charge is -1.96. The van der Waals surface area contributed by atoms with E-state index >= 15 is 0 Å². The van der Waals surface area contributed by atoms with E-state index in [1.807, 2.05) is 0 Å². The summed E-state index contributed by atoms with van der Waals surface area (Å²) in [7, 11) is 1.71. The van der Waals surface area contributed by atoms with Gasteiger partial charge in [0.05, 0.1) is 5.52 Å². The van der Waals surface area contributed by atoms with Gasteiger partial charge >= 0.3 is 5.97 Å². The fourth-order valence-electron chi connectivity index (χ4n) is 1.49. The van der Waals surface area contributed by atoms with Crippen molar-refractivity contribution in [2.45, 2.75) is 0 Å². The van der Waals surface area contributed by atoms with Crippen LogP contribution in [-0.2, 0) is 7.05 Å². The summed E-state index contributed by atoms with van der Waals surface area (Å²) in [6, 6.07) is 3.53. The summed E-state index contributed by atoms with van der Waals surface area (Å²) in [5.74, 6) is -0.821. The van der Waals surface area contributed by atoms with Gasteiger partial charge in [0.25, 0.3) is 0 Å². The first-order chi connectivity index (χ1) is 6.63. The molecule has 0 radical (unpaired) electrons. The molecule has 0 atom stereocenters. The van der Waals surface area contributed by atoms with Crippen LogP contribution in [0.15, 0.2) is 18.3 Å². The molecule has 5 nitrogen and oxygen atoms in total. The summed E-state index contributed by atoms with van der Waals surface area (Å²) in [5.41, 5.74) is 6.89. The molecule has 0 saturated heterocycles. The fraction of sp³-hybridized carbons (Fsp3) is 0.111. The number of carboxylic acids is 1. The monoisotopic (exact) mass is 191 g/mol. The molecule has 0 aromatic carbocycles. The third kappa shape index (κ3) is 0.953. The van der Waals surface area contributed by atoms with Crippen LogP contribution in [0.1, 0.15) is 10.4 Å². The van der Waals surface area contributed by atoms with Gasteiger partial charge in [-0.2, -0.15) is 0 Å². The van der Waals surface area contributed by atoms with Crippen molar-refractivity contribution < 1.29 is 9.90 Å². The predicted molar refractivity (Wildman–Crippen MR) is 52.1 cm³/mol. The molecule has 72 valence electrons. The number of carbonyl (C=O) groups is 1. The minimum atomic E-state index is -1.05. The van der Waals surface area contributed by atoms with Crippen molar-refractivity contribution in [3.63, 3.8) is 0 Å². The molecule has 3 N–H and O–H groups in total. The molecule has 0 aliphatic carbocycles. The number of hydrogen-bond acceptors (Lipinski definition) is 3. The summed E-state index contributed by atoms with van der Waals surface area (Å²) < 4.78 is 1.62. The second-order valence-electron chi connectivity index (χ2n) is 3.00. The molecular weight excluding hydrogens is 182 g/mol. The van der Waals surface area contributed by atoms with Gasteiger partial charge in [-0.15, -0.1) is 0 Å². The Bertz CT molecular complexity index is 516. The van der Waals surface area contributed by atoms with Crippen LogP contribution in [0.3, 0.4) is 0 Å². The van der Waals surface area contributed by atoms with E-state index in [-0.39, 0.29) is 11.4 Å². The van der Waals surface area contributed by atoms with Crippen LogP contribution >= 0.6 is 0 Å². The zero-order valence-corrected chi connectivity index (χ0v) is 7.56. The number of anilines is 1. The lowest BCUT2D eigenvalue weighted by molar-refractivity contribution is 0.0700. The molecule has 0 bridgehead atoms. The molecule has 0 unspecified atom stereocenters. The van der Waals surface area contributed by atoms with Gasteiger partial charge < -0.3 is 15.4 Å². The van der Waals surface area contributed by atoms with Crippen LogP contribution in [0, 0.1) is 0 Å². The number of aromatic carboxylic acids is 1. The number of nitrogens with two attached hydrogens (primary N) is 1. The van der Waals surface area contributed by atoms with Gasteiger partial charge in [-0.3, -0.25) is 4.98 Å². The number of nitrogen functional groups attached to an aromatic ring is 1. The van der Waals surface area contributed by atoms with Gasteiger partial charge in [-0.05, 0) is 12.1 Å². The van der Waals surface area contributed by atoms with Gasteiger partial charge in [0, 0.05) is 13.2 Å². The van der Waals surface area contributed by atoms with E-state index in [4.69, 9.17) is 10.8 Å². The van der Waals surface area contributed by atoms with Gasteiger partial charge in [0.15, 0.2) is 0 Å². The highest BCUT2D eigenvalue weighted by Gasteiger charge is 2.18. The lowest BCUT2D eigenvalue weighted by atomic mass is 10.2.